The van der Waals surface area contributed by atoms with Gasteiger partial charge in [-0.3, -0.25) is 14.9 Å². The third-order valence-electron chi connectivity index (χ3n) is 2.96. The number of hydrogen-bond donors (Lipinski definition) is 0. The molecule has 0 aromatic heterocycles. The lowest BCUT2D eigenvalue weighted by molar-refractivity contribution is -0.385. The molecule has 0 N–H and O–H groups in total. The molecular weight excluding hydrogens is 298 g/mol. The normalized spacial score (nSPS) is 10.7. The van der Waals surface area contributed by atoms with Gasteiger partial charge in [0.15, 0.2) is 5.12 Å². The molecule has 0 aliphatic rings. The van der Waals surface area contributed by atoms with Crippen LogP contribution in [0.2, 0.25) is 0 Å². The number of carbonyl (C=O) groups excluding carboxylic acids is 1. The van der Waals surface area contributed by atoms with Crippen LogP contribution in [0, 0.1) is 10.1 Å². The first-order valence-corrected chi connectivity index (χ1v) is 7.75. The first-order chi connectivity index (χ1) is 10.7. The van der Waals surface area contributed by atoms with Crippen molar-refractivity contribution in [2.24, 2.45) is 0 Å². The molecule has 0 radical (unpaired) electrons. The van der Waals surface area contributed by atoms with Gasteiger partial charge < -0.3 is 0 Å². The Morgan fingerprint density at radius 1 is 1.09 bits per heavy atom. The van der Waals surface area contributed by atoms with Gasteiger partial charge in [0.1, 0.15) is 0 Å². The van der Waals surface area contributed by atoms with E-state index in [-0.39, 0.29) is 17.2 Å². The Kier molecular flexibility index (Phi) is 5.91. The predicted molar refractivity (Wildman–Crippen MR) is 89.5 cm³/mol. The first-order valence-electron chi connectivity index (χ1n) is 6.76. The van der Waals surface area contributed by atoms with Gasteiger partial charge in [0, 0.05) is 18.2 Å². The molecule has 2 aromatic carbocycles. The fraction of sp³-hybridized carbons (Fsp3) is 0.118. The molecule has 0 spiro atoms. The summed E-state index contributed by atoms with van der Waals surface area (Å²) in [6.45, 7) is 0. The molecule has 4 nitrogen and oxygen atoms in total. The molecule has 5 heteroatoms. The zero-order chi connectivity index (χ0) is 15.8. The van der Waals surface area contributed by atoms with Gasteiger partial charge in [0.25, 0.3) is 5.69 Å². The minimum atomic E-state index is -0.425. The van der Waals surface area contributed by atoms with E-state index in [9.17, 15) is 14.9 Å². The van der Waals surface area contributed by atoms with E-state index in [0.717, 1.165) is 5.56 Å². The van der Waals surface area contributed by atoms with Crippen LogP contribution in [0.4, 0.5) is 5.69 Å². The minimum absolute atomic E-state index is 0.0405. The smallest absolute Gasteiger partial charge is 0.276 e. The van der Waals surface area contributed by atoms with E-state index in [1.54, 1.807) is 30.4 Å². The van der Waals surface area contributed by atoms with Gasteiger partial charge in [-0.2, -0.15) is 0 Å². The molecule has 2 aromatic rings. The number of allylic oxidation sites excluding steroid dienone is 1. The first kappa shape index (κ1) is 16.0. The molecule has 0 amide bonds. The molecule has 112 valence electrons. The van der Waals surface area contributed by atoms with Crippen LogP contribution in [-0.4, -0.2) is 10.0 Å². The molecule has 22 heavy (non-hydrogen) atoms. The Labute approximate surface area is 133 Å². The van der Waals surface area contributed by atoms with E-state index < -0.39 is 4.92 Å². The predicted octanol–water partition coefficient (Wildman–Crippen LogP) is 4.46. The SMILES string of the molecule is O=C(C/C=C/c1ccccc1[N+](=O)[O-])SCc1ccccc1. The van der Waals surface area contributed by atoms with Gasteiger partial charge in [-0.15, -0.1) is 0 Å². The summed E-state index contributed by atoms with van der Waals surface area (Å²) in [7, 11) is 0. The highest BCUT2D eigenvalue weighted by Gasteiger charge is 2.09. The van der Waals surface area contributed by atoms with E-state index in [4.69, 9.17) is 0 Å². The molecule has 0 saturated carbocycles. The third kappa shape index (κ3) is 4.86. The topological polar surface area (TPSA) is 60.2 Å². The zero-order valence-electron chi connectivity index (χ0n) is 11.8. The van der Waals surface area contributed by atoms with Gasteiger partial charge in [0.05, 0.1) is 10.5 Å². The second-order valence-electron chi connectivity index (χ2n) is 4.57. The van der Waals surface area contributed by atoms with Crippen molar-refractivity contribution in [3.05, 3.63) is 81.9 Å². The van der Waals surface area contributed by atoms with Crippen LogP contribution in [0.3, 0.4) is 0 Å². The Morgan fingerprint density at radius 2 is 1.77 bits per heavy atom. The van der Waals surface area contributed by atoms with E-state index in [0.29, 0.717) is 11.3 Å². The van der Waals surface area contributed by atoms with Gasteiger partial charge in [-0.1, -0.05) is 66.4 Å². The molecule has 0 heterocycles. The largest absolute Gasteiger partial charge is 0.287 e. The van der Waals surface area contributed by atoms with Crippen LogP contribution in [0.15, 0.2) is 60.7 Å². The highest BCUT2D eigenvalue weighted by Crippen LogP contribution is 2.20. The molecular formula is C17H15NO3S. The van der Waals surface area contributed by atoms with Crippen LogP contribution in [-0.2, 0) is 10.5 Å². The number of nitrogens with zero attached hydrogens (tertiary/aromatic N) is 1. The lowest BCUT2D eigenvalue weighted by atomic mass is 10.1. The average molecular weight is 313 g/mol. The van der Waals surface area contributed by atoms with Crippen molar-refractivity contribution in [1.29, 1.82) is 0 Å². The number of carbonyl (C=O) groups is 1. The summed E-state index contributed by atoms with van der Waals surface area (Å²) < 4.78 is 0. The molecule has 0 saturated heterocycles. The molecule has 0 aliphatic heterocycles. The molecule has 0 bridgehead atoms. The van der Waals surface area contributed by atoms with Gasteiger partial charge in [-0.05, 0) is 11.6 Å². The lowest BCUT2D eigenvalue weighted by Gasteiger charge is -1.99. The minimum Gasteiger partial charge on any atom is -0.287 e. The number of rotatable bonds is 6. The average Bonchev–Trinajstić information content (AvgIpc) is 2.54. The fourth-order valence-corrected chi connectivity index (χ4v) is 2.61. The summed E-state index contributed by atoms with van der Waals surface area (Å²) in [5.41, 5.74) is 1.65. The highest BCUT2D eigenvalue weighted by atomic mass is 32.2. The van der Waals surface area contributed by atoms with Gasteiger partial charge in [0.2, 0.25) is 0 Å². The monoisotopic (exact) mass is 313 g/mol. The fourth-order valence-electron chi connectivity index (χ4n) is 1.87. The van der Waals surface area contributed by atoms with Crippen LogP contribution < -0.4 is 0 Å². The van der Waals surface area contributed by atoms with Crippen molar-refractivity contribution in [2.45, 2.75) is 12.2 Å². The number of benzene rings is 2. The quantitative estimate of drug-likeness (QED) is 0.583. The number of para-hydroxylation sites is 1. The number of nitro benzene ring substituents is 1. The van der Waals surface area contributed by atoms with E-state index in [1.165, 1.54) is 17.8 Å². The Hall–Kier alpha value is -2.40. The van der Waals surface area contributed by atoms with Crippen molar-refractivity contribution in [2.75, 3.05) is 0 Å². The third-order valence-corrected chi connectivity index (χ3v) is 3.92. The standard InChI is InChI=1S/C17H15NO3S/c19-17(22-13-14-7-2-1-3-8-14)12-6-10-15-9-4-5-11-16(15)18(20)21/h1-11H,12-13H2/b10-6+. The lowest BCUT2D eigenvalue weighted by Crippen LogP contribution is -1.92. The Bertz CT molecular complexity index is 683. The summed E-state index contributed by atoms with van der Waals surface area (Å²) in [5, 5.41) is 10.9. The van der Waals surface area contributed by atoms with Crippen molar-refractivity contribution >= 4 is 28.6 Å². The Balaban J connectivity index is 1.87. The number of nitro groups is 1. The van der Waals surface area contributed by atoms with Crippen molar-refractivity contribution in [3.63, 3.8) is 0 Å². The molecule has 0 unspecified atom stereocenters. The van der Waals surface area contributed by atoms with Gasteiger partial charge >= 0.3 is 0 Å². The van der Waals surface area contributed by atoms with Crippen LogP contribution in [0.25, 0.3) is 6.08 Å². The van der Waals surface area contributed by atoms with Gasteiger partial charge in [-0.25, -0.2) is 0 Å². The van der Waals surface area contributed by atoms with Crippen molar-refractivity contribution in [3.8, 4) is 0 Å². The maximum absolute atomic E-state index is 11.8. The van der Waals surface area contributed by atoms with Crippen LogP contribution >= 0.6 is 11.8 Å². The van der Waals surface area contributed by atoms with E-state index in [1.807, 2.05) is 30.3 Å². The maximum atomic E-state index is 11.8. The summed E-state index contributed by atoms with van der Waals surface area (Å²) >= 11 is 1.25. The van der Waals surface area contributed by atoms with E-state index in [2.05, 4.69) is 0 Å². The number of thioether (sulfide) groups is 1. The maximum Gasteiger partial charge on any atom is 0.276 e. The molecule has 0 atom stereocenters. The highest BCUT2D eigenvalue weighted by molar-refractivity contribution is 8.12. The van der Waals surface area contributed by atoms with Crippen molar-refractivity contribution < 1.29 is 9.72 Å². The summed E-state index contributed by atoms with van der Waals surface area (Å²) in [6, 6.07) is 16.2. The second-order valence-corrected chi connectivity index (χ2v) is 5.60. The zero-order valence-corrected chi connectivity index (χ0v) is 12.7. The summed E-state index contributed by atoms with van der Waals surface area (Å²) in [6.07, 6.45) is 3.55. The number of hydrogen-bond acceptors (Lipinski definition) is 4. The Morgan fingerprint density at radius 3 is 2.50 bits per heavy atom. The second kappa shape index (κ2) is 8.14. The summed E-state index contributed by atoms with van der Waals surface area (Å²) in [5.74, 6) is 0.638. The van der Waals surface area contributed by atoms with Crippen LogP contribution in [0.1, 0.15) is 17.5 Å². The molecule has 0 aliphatic carbocycles. The van der Waals surface area contributed by atoms with Crippen molar-refractivity contribution in [1.82, 2.24) is 0 Å². The summed E-state index contributed by atoms with van der Waals surface area (Å²) in [4.78, 5) is 22.3. The van der Waals surface area contributed by atoms with Crippen LogP contribution in [0.5, 0.6) is 0 Å². The molecule has 2 rings (SSSR count). The van der Waals surface area contributed by atoms with E-state index >= 15 is 0 Å². The molecule has 0 fully saturated rings.